The molecule has 0 bridgehead atoms. The zero-order chi connectivity index (χ0) is 22.8. The third-order valence-corrected chi connectivity index (χ3v) is 5.10. The molecule has 0 unspecified atom stereocenters. The summed E-state index contributed by atoms with van der Waals surface area (Å²) in [6.07, 6.45) is -9.37. The molecule has 0 atom stereocenters. The average molecular weight is 458 g/mol. The van der Waals surface area contributed by atoms with Crippen molar-refractivity contribution in [3.05, 3.63) is 81.5 Å². The molecular formula is C20H12F6N2O2S. The minimum absolute atomic E-state index is 0.0914. The number of hydrogen-bond acceptors (Lipinski definition) is 3. The number of alkyl halides is 6. The monoisotopic (exact) mass is 458 g/mol. The van der Waals surface area contributed by atoms with E-state index in [1.54, 1.807) is 0 Å². The van der Waals surface area contributed by atoms with Crippen LogP contribution in [-0.2, 0) is 12.4 Å². The normalized spacial score (nSPS) is 11.8. The predicted molar refractivity (Wildman–Crippen MR) is 103 cm³/mol. The van der Waals surface area contributed by atoms with Gasteiger partial charge in [0.15, 0.2) is 0 Å². The molecule has 4 nitrogen and oxygen atoms in total. The van der Waals surface area contributed by atoms with Crippen LogP contribution in [0.25, 0.3) is 0 Å². The molecular weight excluding hydrogens is 446 g/mol. The topological polar surface area (TPSA) is 58.2 Å². The quantitative estimate of drug-likeness (QED) is 0.452. The second-order valence-corrected chi connectivity index (χ2v) is 7.24. The highest BCUT2D eigenvalue weighted by atomic mass is 32.1. The number of benzene rings is 2. The number of carbonyl (C=O) groups is 2. The van der Waals surface area contributed by atoms with E-state index >= 15 is 0 Å². The SMILES string of the molecule is O=C(Nc1ccccc1C(F)(F)F)c1ccc(C(=O)Nc2ccccc2C(F)(F)F)s1. The number of amides is 2. The van der Waals surface area contributed by atoms with Gasteiger partial charge in [0.2, 0.25) is 0 Å². The van der Waals surface area contributed by atoms with Crippen LogP contribution in [0.4, 0.5) is 37.7 Å². The number of rotatable bonds is 4. The van der Waals surface area contributed by atoms with Gasteiger partial charge in [-0.25, -0.2) is 0 Å². The number of nitrogens with one attached hydrogen (secondary N) is 2. The molecule has 0 radical (unpaired) electrons. The zero-order valence-electron chi connectivity index (χ0n) is 15.3. The highest BCUT2D eigenvalue weighted by molar-refractivity contribution is 7.16. The fraction of sp³-hybridized carbons (Fsp3) is 0.100. The molecule has 0 fully saturated rings. The highest BCUT2D eigenvalue weighted by Crippen LogP contribution is 2.36. The minimum Gasteiger partial charge on any atom is -0.321 e. The number of para-hydroxylation sites is 2. The highest BCUT2D eigenvalue weighted by Gasteiger charge is 2.34. The van der Waals surface area contributed by atoms with E-state index in [0.717, 1.165) is 24.3 Å². The fourth-order valence-electron chi connectivity index (χ4n) is 2.63. The summed E-state index contributed by atoms with van der Waals surface area (Å²) in [5, 5.41) is 4.27. The lowest BCUT2D eigenvalue weighted by atomic mass is 10.1. The molecule has 0 saturated carbocycles. The molecule has 2 amide bonds. The first-order valence-electron chi connectivity index (χ1n) is 8.52. The Bertz CT molecular complexity index is 1040. The molecule has 1 heterocycles. The fourth-order valence-corrected chi connectivity index (χ4v) is 3.42. The van der Waals surface area contributed by atoms with Gasteiger partial charge in [0.1, 0.15) is 0 Å². The van der Waals surface area contributed by atoms with Crippen molar-refractivity contribution in [2.45, 2.75) is 12.4 Å². The Morgan fingerprint density at radius 1 is 0.613 bits per heavy atom. The summed E-state index contributed by atoms with van der Waals surface area (Å²) in [7, 11) is 0. The second-order valence-electron chi connectivity index (χ2n) is 6.16. The van der Waals surface area contributed by atoms with Crippen molar-refractivity contribution in [2.75, 3.05) is 10.6 Å². The van der Waals surface area contributed by atoms with Crippen LogP contribution in [0.1, 0.15) is 30.5 Å². The van der Waals surface area contributed by atoms with Crippen LogP contribution in [0.3, 0.4) is 0 Å². The Morgan fingerprint density at radius 2 is 0.968 bits per heavy atom. The van der Waals surface area contributed by atoms with Gasteiger partial charge in [0, 0.05) is 0 Å². The summed E-state index contributed by atoms with van der Waals surface area (Å²) in [6, 6.07) is 11.1. The van der Waals surface area contributed by atoms with Gasteiger partial charge in [-0.05, 0) is 36.4 Å². The third kappa shape index (κ3) is 5.23. The molecule has 11 heteroatoms. The van der Waals surface area contributed by atoms with E-state index in [1.165, 1.54) is 36.4 Å². The predicted octanol–water partition coefficient (Wildman–Crippen LogP) is 6.29. The molecule has 2 aromatic carbocycles. The summed E-state index contributed by atoms with van der Waals surface area (Å²) in [6.45, 7) is 0. The molecule has 0 saturated heterocycles. The Morgan fingerprint density at radius 3 is 1.32 bits per heavy atom. The molecule has 0 spiro atoms. The minimum atomic E-state index is -4.68. The van der Waals surface area contributed by atoms with Crippen molar-refractivity contribution >= 4 is 34.5 Å². The Kier molecular flexibility index (Phi) is 6.07. The first kappa shape index (κ1) is 22.3. The van der Waals surface area contributed by atoms with Crippen LogP contribution in [0, 0.1) is 0 Å². The number of carbonyl (C=O) groups excluding carboxylic acids is 2. The largest absolute Gasteiger partial charge is 0.418 e. The first-order chi connectivity index (χ1) is 14.5. The molecule has 3 rings (SSSR count). The summed E-state index contributed by atoms with van der Waals surface area (Å²) in [5.74, 6) is -1.78. The number of thiophene rings is 1. The number of anilines is 2. The van der Waals surface area contributed by atoms with Crippen molar-refractivity contribution in [3.63, 3.8) is 0 Å². The van der Waals surface area contributed by atoms with Gasteiger partial charge in [0.25, 0.3) is 11.8 Å². The van der Waals surface area contributed by atoms with E-state index in [9.17, 15) is 35.9 Å². The molecule has 31 heavy (non-hydrogen) atoms. The van der Waals surface area contributed by atoms with Gasteiger partial charge in [-0.3, -0.25) is 9.59 Å². The standard InChI is InChI=1S/C20H12F6N2O2S/c21-19(22,23)11-5-1-3-7-13(11)27-17(29)15-9-10-16(31-15)18(30)28-14-8-4-2-6-12(14)20(24,25)26/h1-10H,(H,27,29)(H,28,30). The lowest BCUT2D eigenvalue weighted by Gasteiger charge is -2.13. The van der Waals surface area contributed by atoms with E-state index in [0.29, 0.717) is 11.3 Å². The van der Waals surface area contributed by atoms with Gasteiger partial charge < -0.3 is 10.6 Å². The lowest BCUT2D eigenvalue weighted by Crippen LogP contribution is -2.16. The van der Waals surface area contributed by atoms with Crippen molar-refractivity contribution in [2.24, 2.45) is 0 Å². The van der Waals surface area contributed by atoms with Gasteiger partial charge in [0.05, 0.1) is 32.3 Å². The second kappa shape index (κ2) is 8.42. The molecule has 3 aromatic rings. The molecule has 2 N–H and O–H groups in total. The molecule has 0 aliphatic rings. The van der Waals surface area contributed by atoms with Crippen molar-refractivity contribution < 1.29 is 35.9 Å². The van der Waals surface area contributed by atoms with Crippen LogP contribution in [0.15, 0.2) is 60.7 Å². The van der Waals surface area contributed by atoms with E-state index < -0.39 is 46.7 Å². The first-order valence-corrected chi connectivity index (χ1v) is 9.33. The zero-order valence-corrected chi connectivity index (χ0v) is 16.1. The molecule has 162 valence electrons. The maximum Gasteiger partial charge on any atom is 0.418 e. The summed E-state index contributed by atoms with van der Waals surface area (Å²) < 4.78 is 78.3. The Hall–Kier alpha value is -3.34. The smallest absolute Gasteiger partial charge is 0.321 e. The van der Waals surface area contributed by atoms with Crippen LogP contribution >= 0.6 is 11.3 Å². The van der Waals surface area contributed by atoms with E-state index in [1.807, 2.05) is 0 Å². The Labute approximate surface area is 175 Å². The number of halogens is 6. The van der Waals surface area contributed by atoms with Gasteiger partial charge in [-0.15, -0.1) is 11.3 Å². The Balaban J connectivity index is 1.77. The van der Waals surface area contributed by atoms with Crippen LogP contribution < -0.4 is 10.6 Å². The molecule has 0 aliphatic heterocycles. The molecule has 0 aliphatic carbocycles. The van der Waals surface area contributed by atoms with Crippen LogP contribution in [0.5, 0.6) is 0 Å². The van der Waals surface area contributed by atoms with E-state index in [-0.39, 0.29) is 9.75 Å². The van der Waals surface area contributed by atoms with Crippen molar-refractivity contribution in [3.8, 4) is 0 Å². The lowest BCUT2D eigenvalue weighted by molar-refractivity contribution is -0.137. The maximum atomic E-state index is 13.1. The van der Waals surface area contributed by atoms with Gasteiger partial charge >= 0.3 is 12.4 Å². The summed E-state index contributed by atoms with van der Waals surface area (Å²) >= 11 is 0.628. The van der Waals surface area contributed by atoms with Crippen LogP contribution in [-0.4, -0.2) is 11.8 Å². The van der Waals surface area contributed by atoms with Crippen molar-refractivity contribution in [1.82, 2.24) is 0 Å². The third-order valence-electron chi connectivity index (χ3n) is 4.01. The maximum absolute atomic E-state index is 13.1. The molecule has 1 aromatic heterocycles. The van der Waals surface area contributed by atoms with Crippen LogP contribution in [0.2, 0.25) is 0 Å². The number of hydrogen-bond donors (Lipinski definition) is 2. The van der Waals surface area contributed by atoms with Gasteiger partial charge in [-0.1, -0.05) is 24.3 Å². The van der Waals surface area contributed by atoms with Gasteiger partial charge in [-0.2, -0.15) is 26.3 Å². The van der Waals surface area contributed by atoms with E-state index in [2.05, 4.69) is 10.6 Å². The van der Waals surface area contributed by atoms with E-state index in [4.69, 9.17) is 0 Å². The summed E-state index contributed by atoms with van der Waals surface area (Å²) in [5.41, 5.74) is -3.00. The average Bonchev–Trinajstić information content (AvgIpc) is 3.18. The summed E-state index contributed by atoms with van der Waals surface area (Å²) in [4.78, 5) is 24.5. The van der Waals surface area contributed by atoms with Crippen molar-refractivity contribution in [1.29, 1.82) is 0 Å².